The number of non-ortho nitro benzene ring substituents is 1. The van der Waals surface area contributed by atoms with Crippen LogP contribution in [0.1, 0.15) is 27.5 Å². The number of benzene rings is 2. The summed E-state index contributed by atoms with van der Waals surface area (Å²) in [5, 5.41) is 16.1. The minimum Gasteiger partial charge on any atom is -0.495 e. The van der Waals surface area contributed by atoms with Gasteiger partial charge in [-0.2, -0.15) is 5.10 Å². The summed E-state index contributed by atoms with van der Waals surface area (Å²) in [5.41, 5.74) is 5.93. The second-order valence-corrected chi connectivity index (χ2v) is 7.12. The molecule has 0 bridgehead atoms. The molecule has 0 saturated heterocycles. The Kier molecular flexibility index (Phi) is 5.46. The van der Waals surface area contributed by atoms with E-state index in [0.717, 1.165) is 22.3 Å². The number of ether oxygens (including phenoxy) is 1. The van der Waals surface area contributed by atoms with E-state index in [2.05, 4.69) is 10.5 Å². The second-order valence-electron chi connectivity index (χ2n) is 7.12. The van der Waals surface area contributed by atoms with Gasteiger partial charge in [0.2, 0.25) is 0 Å². The van der Waals surface area contributed by atoms with E-state index in [1.165, 1.54) is 25.5 Å². The predicted molar refractivity (Wildman–Crippen MR) is 120 cm³/mol. The fourth-order valence-electron chi connectivity index (χ4n) is 3.57. The average Bonchev–Trinajstić information content (AvgIpc) is 3.34. The van der Waals surface area contributed by atoms with Crippen LogP contribution in [0.3, 0.4) is 0 Å². The number of methoxy groups -OCH3 is 1. The van der Waals surface area contributed by atoms with E-state index in [1.54, 1.807) is 18.2 Å². The summed E-state index contributed by atoms with van der Waals surface area (Å²) >= 11 is 0. The fourth-order valence-corrected chi connectivity index (χ4v) is 3.57. The molecular weight excluding hydrogens is 412 g/mol. The Morgan fingerprint density at radius 3 is 2.69 bits per heavy atom. The average molecular weight is 432 g/mol. The lowest BCUT2D eigenvalue weighted by Gasteiger charge is -2.13. The molecule has 0 saturated carbocycles. The van der Waals surface area contributed by atoms with Gasteiger partial charge in [0, 0.05) is 34.5 Å². The highest BCUT2D eigenvalue weighted by molar-refractivity contribution is 5.96. The minimum atomic E-state index is -0.466. The number of nitro benzene ring substituents is 1. The number of para-hydroxylation sites is 1. The smallest absolute Gasteiger partial charge is 0.307 e. The number of aryl methyl sites for hydroxylation is 1. The highest BCUT2D eigenvalue weighted by atomic mass is 16.6. The van der Waals surface area contributed by atoms with Gasteiger partial charge >= 0.3 is 5.91 Å². The van der Waals surface area contributed by atoms with E-state index in [-0.39, 0.29) is 11.4 Å². The predicted octanol–water partition coefficient (Wildman–Crippen LogP) is 4.52. The summed E-state index contributed by atoms with van der Waals surface area (Å²) in [6, 6.07) is 15.3. The Balaban J connectivity index is 1.59. The summed E-state index contributed by atoms with van der Waals surface area (Å²) in [5.74, 6) is 0.195. The first-order valence-corrected chi connectivity index (χ1v) is 9.72. The van der Waals surface area contributed by atoms with Crippen molar-refractivity contribution < 1.29 is 18.9 Å². The van der Waals surface area contributed by atoms with Crippen molar-refractivity contribution in [2.24, 2.45) is 5.10 Å². The number of hydrazone groups is 1. The Morgan fingerprint density at radius 2 is 1.97 bits per heavy atom. The molecule has 0 unspecified atom stereocenters. The lowest BCUT2D eigenvalue weighted by Crippen LogP contribution is -2.16. The molecule has 1 amide bonds. The molecule has 4 rings (SSSR count). The van der Waals surface area contributed by atoms with Gasteiger partial charge < -0.3 is 13.7 Å². The first-order valence-electron chi connectivity index (χ1n) is 9.72. The van der Waals surface area contributed by atoms with Crippen molar-refractivity contribution >= 4 is 28.8 Å². The molecular formula is C23H20N4O5. The van der Waals surface area contributed by atoms with Crippen molar-refractivity contribution in [2.75, 3.05) is 7.11 Å². The number of hydrogen-bond donors (Lipinski definition) is 1. The lowest BCUT2D eigenvalue weighted by molar-refractivity contribution is -0.384. The van der Waals surface area contributed by atoms with Crippen molar-refractivity contribution in [1.82, 2.24) is 9.99 Å². The van der Waals surface area contributed by atoms with E-state index in [9.17, 15) is 14.9 Å². The number of amides is 1. The molecule has 4 aromatic rings. The van der Waals surface area contributed by atoms with E-state index in [0.29, 0.717) is 17.0 Å². The van der Waals surface area contributed by atoms with Crippen LogP contribution in [0.2, 0.25) is 0 Å². The molecule has 9 nitrogen and oxygen atoms in total. The van der Waals surface area contributed by atoms with Gasteiger partial charge in [-0.25, -0.2) is 5.43 Å². The zero-order chi connectivity index (χ0) is 22.8. The van der Waals surface area contributed by atoms with Gasteiger partial charge in [-0.05, 0) is 38.1 Å². The van der Waals surface area contributed by atoms with Crippen molar-refractivity contribution in [2.45, 2.75) is 13.8 Å². The van der Waals surface area contributed by atoms with Gasteiger partial charge in [0.05, 0.1) is 23.9 Å². The fraction of sp³-hybridized carbons (Fsp3) is 0.130. The zero-order valence-electron chi connectivity index (χ0n) is 17.7. The van der Waals surface area contributed by atoms with Crippen LogP contribution in [0, 0.1) is 24.0 Å². The Bertz CT molecular complexity index is 1330. The third kappa shape index (κ3) is 3.83. The normalized spacial score (nSPS) is 11.2. The maximum atomic E-state index is 12.4. The Morgan fingerprint density at radius 1 is 1.19 bits per heavy atom. The van der Waals surface area contributed by atoms with Crippen LogP contribution in [0.15, 0.2) is 64.1 Å². The summed E-state index contributed by atoms with van der Waals surface area (Å²) < 4.78 is 12.8. The minimum absolute atomic E-state index is 0.0402. The molecule has 0 aliphatic rings. The largest absolute Gasteiger partial charge is 0.495 e. The van der Waals surface area contributed by atoms with E-state index in [1.807, 2.05) is 42.7 Å². The van der Waals surface area contributed by atoms with E-state index < -0.39 is 10.8 Å². The van der Waals surface area contributed by atoms with Crippen LogP contribution < -0.4 is 10.2 Å². The van der Waals surface area contributed by atoms with Crippen LogP contribution in [-0.2, 0) is 0 Å². The molecule has 0 spiro atoms. The Labute approximate surface area is 183 Å². The summed E-state index contributed by atoms with van der Waals surface area (Å²) in [6.07, 6.45) is 1.52. The van der Waals surface area contributed by atoms with Gasteiger partial charge in [-0.3, -0.25) is 14.9 Å². The Hall–Kier alpha value is -4.40. The number of carbonyl (C=O) groups excluding carboxylic acids is 1. The monoisotopic (exact) mass is 432 g/mol. The molecule has 0 aliphatic heterocycles. The summed E-state index contributed by atoms with van der Waals surface area (Å²) in [7, 11) is 1.51. The van der Waals surface area contributed by atoms with Crippen LogP contribution >= 0.6 is 0 Å². The standard InChI is InChI=1S/C23H20N4O5/c1-14-10-17(13-24-25-23(28)22-11-16-6-4-5-7-20(16)32-22)15(2)26(14)19-12-18(27(29)30)8-9-21(19)31-3/h4-13H,1-3H3,(H,25,28)/b24-13+. The molecule has 0 radical (unpaired) electrons. The number of carbonyl (C=O) groups is 1. The van der Waals surface area contributed by atoms with Crippen LogP contribution in [0.25, 0.3) is 16.7 Å². The molecule has 0 aliphatic carbocycles. The molecule has 2 heterocycles. The van der Waals surface area contributed by atoms with Gasteiger partial charge in [0.15, 0.2) is 5.76 Å². The van der Waals surface area contributed by atoms with Gasteiger partial charge in [-0.15, -0.1) is 0 Å². The van der Waals surface area contributed by atoms with Crippen LogP contribution in [-0.4, -0.2) is 28.7 Å². The molecule has 2 aromatic carbocycles. The maximum absolute atomic E-state index is 12.4. The number of nitrogens with one attached hydrogen (secondary N) is 1. The second kappa shape index (κ2) is 8.38. The molecule has 0 fully saturated rings. The first-order chi connectivity index (χ1) is 15.4. The van der Waals surface area contributed by atoms with Crippen LogP contribution in [0.5, 0.6) is 5.75 Å². The zero-order valence-corrected chi connectivity index (χ0v) is 17.7. The maximum Gasteiger partial charge on any atom is 0.307 e. The summed E-state index contributed by atoms with van der Waals surface area (Å²) in [6.45, 7) is 3.73. The molecule has 32 heavy (non-hydrogen) atoms. The van der Waals surface area contributed by atoms with Gasteiger partial charge in [0.25, 0.3) is 5.69 Å². The van der Waals surface area contributed by atoms with E-state index in [4.69, 9.17) is 9.15 Å². The first kappa shape index (κ1) is 20.9. The van der Waals surface area contributed by atoms with Crippen molar-refractivity contribution in [3.63, 3.8) is 0 Å². The molecule has 0 atom stereocenters. The van der Waals surface area contributed by atoms with Gasteiger partial charge in [0.1, 0.15) is 11.3 Å². The van der Waals surface area contributed by atoms with Gasteiger partial charge in [-0.1, -0.05) is 18.2 Å². The topological polar surface area (TPSA) is 112 Å². The molecule has 9 heteroatoms. The number of nitro groups is 1. The SMILES string of the molecule is COc1ccc([N+](=O)[O-])cc1-n1c(C)cc(/C=N/NC(=O)c2cc3ccccc3o2)c1C. The summed E-state index contributed by atoms with van der Waals surface area (Å²) in [4.78, 5) is 23.1. The van der Waals surface area contributed by atoms with E-state index >= 15 is 0 Å². The third-order valence-corrected chi connectivity index (χ3v) is 5.10. The van der Waals surface area contributed by atoms with Crippen LogP contribution in [0.4, 0.5) is 5.69 Å². The lowest BCUT2D eigenvalue weighted by atomic mass is 10.2. The highest BCUT2D eigenvalue weighted by Crippen LogP contribution is 2.31. The number of hydrogen-bond acceptors (Lipinski definition) is 6. The number of fused-ring (bicyclic) bond motifs is 1. The number of furan rings is 1. The van der Waals surface area contributed by atoms with Crippen molar-refractivity contribution in [3.8, 4) is 11.4 Å². The van der Waals surface area contributed by atoms with Crippen molar-refractivity contribution in [1.29, 1.82) is 0 Å². The third-order valence-electron chi connectivity index (χ3n) is 5.10. The highest BCUT2D eigenvalue weighted by Gasteiger charge is 2.17. The molecule has 162 valence electrons. The number of rotatable bonds is 6. The number of nitrogens with zero attached hydrogens (tertiary/aromatic N) is 3. The number of aromatic nitrogens is 1. The molecule has 1 N–H and O–H groups in total. The molecule has 2 aromatic heterocycles. The quantitative estimate of drug-likeness (QED) is 0.273. The van der Waals surface area contributed by atoms with Crippen molar-refractivity contribution in [3.05, 3.63) is 87.4 Å².